The zero-order valence-electron chi connectivity index (χ0n) is 18.7. The van der Waals surface area contributed by atoms with E-state index in [1.807, 2.05) is 55.5 Å². The summed E-state index contributed by atoms with van der Waals surface area (Å²) in [5.41, 5.74) is 3.15. The van der Waals surface area contributed by atoms with Gasteiger partial charge in [0.25, 0.3) is 5.69 Å². The Hall–Kier alpha value is -4.00. The lowest BCUT2D eigenvalue weighted by molar-refractivity contribution is -0.384. The normalized spacial score (nSPS) is 26.2. The Bertz CT molecular complexity index is 1350. The van der Waals surface area contributed by atoms with Crippen LogP contribution in [0.15, 0.2) is 66.7 Å². The molecule has 0 unspecified atom stereocenters. The number of nitro groups is 1. The van der Waals surface area contributed by atoms with Crippen molar-refractivity contribution in [3.8, 4) is 5.75 Å². The van der Waals surface area contributed by atoms with Gasteiger partial charge in [0, 0.05) is 11.3 Å². The molecule has 3 aliphatic carbocycles. The van der Waals surface area contributed by atoms with Crippen LogP contribution in [0.4, 0.5) is 11.4 Å². The van der Waals surface area contributed by atoms with E-state index in [0.29, 0.717) is 12.4 Å². The third-order valence-electron chi connectivity index (χ3n) is 7.74. The summed E-state index contributed by atoms with van der Waals surface area (Å²) in [7, 11) is 0. The molecule has 0 N–H and O–H groups in total. The van der Waals surface area contributed by atoms with Crippen molar-refractivity contribution in [3.05, 3.63) is 99.1 Å². The van der Waals surface area contributed by atoms with Crippen LogP contribution in [0.3, 0.4) is 0 Å². The van der Waals surface area contributed by atoms with Gasteiger partial charge in [0.15, 0.2) is 0 Å². The van der Waals surface area contributed by atoms with Crippen molar-refractivity contribution >= 4 is 23.2 Å². The van der Waals surface area contributed by atoms with Gasteiger partial charge in [-0.05, 0) is 41.3 Å². The molecule has 4 aliphatic rings. The first kappa shape index (κ1) is 20.6. The molecule has 3 aromatic carbocycles. The lowest BCUT2D eigenvalue weighted by Gasteiger charge is -2.52. The number of hydrogen-bond acceptors (Lipinski definition) is 5. The molecule has 0 spiro atoms. The molecule has 0 aromatic heterocycles. The van der Waals surface area contributed by atoms with E-state index in [4.69, 9.17) is 4.74 Å². The smallest absolute Gasteiger partial charge is 0.297 e. The van der Waals surface area contributed by atoms with E-state index in [0.717, 1.165) is 27.2 Å². The molecular formula is C27H22N2O5. The fourth-order valence-electron chi connectivity index (χ4n) is 6.48. The second-order valence-corrected chi connectivity index (χ2v) is 9.21. The molecular weight excluding hydrogens is 432 g/mol. The molecule has 2 bridgehead atoms. The molecule has 0 saturated carbocycles. The predicted molar refractivity (Wildman–Crippen MR) is 125 cm³/mol. The number of anilines is 1. The second kappa shape index (κ2) is 7.00. The highest BCUT2D eigenvalue weighted by Gasteiger charge is 2.66. The van der Waals surface area contributed by atoms with Gasteiger partial charge >= 0.3 is 0 Å². The number of benzene rings is 3. The van der Waals surface area contributed by atoms with Crippen molar-refractivity contribution in [2.24, 2.45) is 11.8 Å². The molecule has 1 heterocycles. The number of carbonyl (C=O) groups is 2. The second-order valence-electron chi connectivity index (χ2n) is 9.21. The van der Waals surface area contributed by atoms with Crippen LogP contribution in [0.2, 0.25) is 0 Å². The zero-order valence-corrected chi connectivity index (χ0v) is 18.7. The number of hydrogen-bond donors (Lipinski definition) is 0. The number of nitrogens with zero attached hydrogens (tertiary/aromatic N) is 2. The van der Waals surface area contributed by atoms with Crippen LogP contribution in [0.1, 0.15) is 42.0 Å². The predicted octanol–water partition coefficient (Wildman–Crippen LogP) is 4.56. The van der Waals surface area contributed by atoms with Crippen molar-refractivity contribution in [2.45, 2.75) is 25.2 Å². The SMILES string of the molecule is CCOc1ccc(N2C(=O)[C@H]3C4c5ccccc5C(C)(c5ccccc54)[C@H]3C2=O)c([N+](=O)[O-])c1. The van der Waals surface area contributed by atoms with E-state index in [1.54, 1.807) is 13.0 Å². The average molecular weight is 454 g/mol. The molecule has 2 atom stereocenters. The number of amides is 2. The topological polar surface area (TPSA) is 89.8 Å². The fourth-order valence-corrected chi connectivity index (χ4v) is 6.48. The van der Waals surface area contributed by atoms with Gasteiger partial charge in [-0.1, -0.05) is 55.5 Å². The Labute approximate surface area is 196 Å². The highest BCUT2D eigenvalue weighted by Crippen LogP contribution is 2.64. The van der Waals surface area contributed by atoms with Crippen molar-refractivity contribution in [1.82, 2.24) is 0 Å². The lowest BCUT2D eigenvalue weighted by atomic mass is 9.48. The van der Waals surface area contributed by atoms with Crippen LogP contribution in [0.5, 0.6) is 5.75 Å². The molecule has 1 aliphatic heterocycles. The van der Waals surface area contributed by atoms with Crippen molar-refractivity contribution in [1.29, 1.82) is 0 Å². The van der Waals surface area contributed by atoms with Gasteiger partial charge < -0.3 is 4.74 Å². The van der Waals surface area contributed by atoms with Gasteiger partial charge in [-0.15, -0.1) is 0 Å². The molecule has 7 heteroatoms. The van der Waals surface area contributed by atoms with Crippen molar-refractivity contribution in [2.75, 3.05) is 11.5 Å². The maximum absolute atomic E-state index is 14.0. The largest absolute Gasteiger partial charge is 0.494 e. The van der Waals surface area contributed by atoms with Crippen LogP contribution in [-0.2, 0) is 15.0 Å². The quantitative estimate of drug-likeness (QED) is 0.327. The number of carbonyl (C=O) groups excluding carboxylic acids is 2. The standard InChI is InChI=1S/C27H22N2O5/c1-3-34-15-12-13-20(21(14-15)29(32)33)28-25(30)23-22-16-8-4-6-10-18(16)27(2,24(23)26(28)31)19-11-7-5-9-17(19)22/h4-14,22-24H,3H2,1-2H3/t22?,23-,24+,27?/m0/s1. The minimum atomic E-state index is -0.714. The summed E-state index contributed by atoms with van der Waals surface area (Å²) < 4.78 is 5.41. The Kier molecular flexibility index (Phi) is 4.24. The van der Waals surface area contributed by atoms with E-state index in [-0.39, 0.29) is 23.2 Å². The van der Waals surface area contributed by atoms with Crippen LogP contribution in [-0.4, -0.2) is 23.3 Å². The van der Waals surface area contributed by atoms with Gasteiger partial charge in [0.2, 0.25) is 11.8 Å². The minimum Gasteiger partial charge on any atom is -0.494 e. The fraction of sp³-hybridized carbons (Fsp3) is 0.259. The van der Waals surface area contributed by atoms with Gasteiger partial charge in [-0.2, -0.15) is 0 Å². The first-order valence-corrected chi connectivity index (χ1v) is 11.4. The molecule has 1 saturated heterocycles. The summed E-state index contributed by atoms with van der Waals surface area (Å²) >= 11 is 0. The highest BCUT2D eigenvalue weighted by molar-refractivity contribution is 6.24. The van der Waals surface area contributed by atoms with Crippen LogP contribution in [0, 0.1) is 22.0 Å². The van der Waals surface area contributed by atoms with E-state index < -0.39 is 28.1 Å². The first-order chi connectivity index (χ1) is 16.4. The molecule has 7 rings (SSSR count). The van der Waals surface area contributed by atoms with E-state index in [2.05, 4.69) is 0 Å². The van der Waals surface area contributed by atoms with Gasteiger partial charge in [-0.25, -0.2) is 4.90 Å². The molecule has 34 heavy (non-hydrogen) atoms. The van der Waals surface area contributed by atoms with E-state index >= 15 is 0 Å². The molecule has 7 nitrogen and oxygen atoms in total. The summed E-state index contributed by atoms with van der Waals surface area (Å²) in [6, 6.07) is 20.2. The minimum absolute atomic E-state index is 0.00559. The summed E-state index contributed by atoms with van der Waals surface area (Å²) in [6.45, 7) is 4.15. The van der Waals surface area contributed by atoms with Gasteiger partial charge in [-0.3, -0.25) is 19.7 Å². The monoisotopic (exact) mass is 454 g/mol. The third-order valence-corrected chi connectivity index (χ3v) is 7.74. The van der Waals surface area contributed by atoms with Gasteiger partial charge in [0.1, 0.15) is 11.4 Å². The summed E-state index contributed by atoms with van der Waals surface area (Å²) in [4.78, 5) is 40.3. The molecule has 3 aromatic rings. The van der Waals surface area contributed by atoms with Crippen LogP contribution >= 0.6 is 0 Å². The first-order valence-electron chi connectivity index (χ1n) is 11.4. The number of imide groups is 1. The summed E-state index contributed by atoms with van der Waals surface area (Å²) in [5.74, 6) is -1.99. The highest BCUT2D eigenvalue weighted by atomic mass is 16.6. The Morgan fingerprint density at radius 1 is 0.971 bits per heavy atom. The molecule has 1 fully saturated rings. The van der Waals surface area contributed by atoms with Crippen LogP contribution in [0.25, 0.3) is 0 Å². The lowest BCUT2D eigenvalue weighted by Crippen LogP contribution is -2.51. The Morgan fingerprint density at radius 2 is 1.59 bits per heavy atom. The average Bonchev–Trinajstić information content (AvgIpc) is 3.11. The maximum Gasteiger partial charge on any atom is 0.297 e. The van der Waals surface area contributed by atoms with Crippen molar-refractivity contribution < 1.29 is 19.2 Å². The summed E-state index contributed by atoms with van der Waals surface area (Å²) in [6.07, 6.45) is 0. The third kappa shape index (κ3) is 2.41. The molecule has 170 valence electrons. The Morgan fingerprint density at radius 3 is 2.18 bits per heavy atom. The van der Waals surface area contributed by atoms with E-state index in [1.165, 1.54) is 12.1 Å². The summed E-state index contributed by atoms with van der Waals surface area (Å²) in [5, 5.41) is 11.9. The number of nitro benzene ring substituents is 1. The zero-order chi connectivity index (χ0) is 23.8. The molecule has 0 radical (unpaired) electrons. The number of ether oxygens (including phenoxy) is 1. The number of rotatable bonds is 4. The van der Waals surface area contributed by atoms with Gasteiger partial charge in [0.05, 0.1) is 29.4 Å². The van der Waals surface area contributed by atoms with Crippen molar-refractivity contribution in [3.63, 3.8) is 0 Å². The maximum atomic E-state index is 14.0. The molecule has 2 amide bonds. The van der Waals surface area contributed by atoms with Crippen LogP contribution < -0.4 is 9.64 Å². The Balaban J connectivity index is 1.56. The van der Waals surface area contributed by atoms with E-state index in [9.17, 15) is 19.7 Å².